The van der Waals surface area contributed by atoms with E-state index in [0.29, 0.717) is 0 Å². The number of thioether (sulfide) groups is 1. The first kappa shape index (κ1) is 52.8. The summed E-state index contributed by atoms with van der Waals surface area (Å²) >= 11 is 3.90. The Kier molecular flexibility index (Phi) is 10.3. The summed E-state index contributed by atoms with van der Waals surface area (Å²) < 4.78 is 5.21. The van der Waals surface area contributed by atoms with Crippen LogP contribution in [0.2, 0.25) is 0 Å². The molecule has 3 heterocycles. The Morgan fingerprint density at radius 1 is 0.398 bits per heavy atom. The summed E-state index contributed by atoms with van der Waals surface area (Å²) in [5.41, 5.74) is 23.1. The van der Waals surface area contributed by atoms with Crippen molar-refractivity contribution in [3.05, 3.63) is 336 Å². The van der Waals surface area contributed by atoms with Gasteiger partial charge in [-0.05, 0) is 186 Å². The van der Waals surface area contributed by atoms with Gasteiger partial charge in [-0.3, -0.25) is 0 Å². The largest absolute Gasteiger partial charge is 0.309 e. The third-order valence-corrected chi connectivity index (χ3v) is 25.4. The lowest BCUT2D eigenvalue weighted by atomic mass is 9.68. The minimum Gasteiger partial charge on any atom is -0.309 e. The van der Waals surface area contributed by atoms with Crippen molar-refractivity contribution in [2.75, 3.05) is 4.90 Å². The number of aromatic nitrogens is 1. The third kappa shape index (κ3) is 6.80. The van der Waals surface area contributed by atoms with E-state index in [9.17, 15) is 0 Å². The fraction of sp³-hybridized carbons (Fsp3) is 0.0430. The van der Waals surface area contributed by atoms with E-state index in [1.54, 1.807) is 0 Å². The van der Waals surface area contributed by atoms with Gasteiger partial charge in [-0.1, -0.05) is 236 Å². The van der Waals surface area contributed by atoms with Gasteiger partial charge in [0.1, 0.15) is 5.25 Å². The second-order valence-electron chi connectivity index (χ2n) is 27.7. The lowest BCUT2D eigenvalue weighted by Crippen LogP contribution is -2.32. The van der Waals surface area contributed by atoms with Crippen molar-refractivity contribution in [2.24, 2.45) is 5.92 Å². The van der Waals surface area contributed by atoms with E-state index in [2.05, 4.69) is 317 Å². The van der Waals surface area contributed by atoms with Gasteiger partial charge in [0.15, 0.2) is 0 Å². The Morgan fingerprint density at radius 2 is 1.06 bits per heavy atom. The van der Waals surface area contributed by atoms with Crippen LogP contribution in [0, 0.1) is 5.92 Å². The smallest absolute Gasteiger partial charge is 0.227 e. The maximum atomic E-state index is 2.65. The number of anilines is 3. The average Bonchev–Trinajstić information content (AvgIpc) is 1.15. The molecule has 1 aromatic heterocycles. The summed E-state index contributed by atoms with van der Waals surface area (Å²) in [7, 11) is 0. The Hall–Kier alpha value is -11.5. The van der Waals surface area contributed by atoms with E-state index < -0.39 is 0 Å². The molecule has 0 saturated carbocycles. The van der Waals surface area contributed by atoms with Crippen LogP contribution in [0.4, 0.5) is 22.7 Å². The van der Waals surface area contributed by atoms with Crippen LogP contribution >= 0.6 is 23.5 Å². The monoisotopic (exact) mass is 1280 g/mol. The zero-order valence-corrected chi connectivity index (χ0v) is 54.5. The molecule has 0 bridgehead atoms. The first-order valence-electron chi connectivity index (χ1n) is 34.4. The van der Waals surface area contributed by atoms with Gasteiger partial charge in [-0.15, -0.1) is 11.8 Å². The number of benzene rings is 16. The predicted molar refractivity (Wildman–Crippen MR) is 415 cm³/mol. The number of hydrogen-bond acceptors (Lipinski definition) is 3. The van der Waals surface area contributed by atoms with Crippen LogP contribution in [-0.4, -0.2) is 20.1 Å². The lowest BCUT2D eigenvalue weighted by molar-refractivity contribution is -0.382. The molecule has 452 valence electrons. The molecule has 0 radical (unpaired) electrons. The molecular formula is C93H54N3S2+. The van der Waals surface area contributed by atoms with Crippen molar-refractivity contribution in [3.8, 4) is 16.8 Å². The van der Waals surface area contributed by atoms with Crippen LogP contribution in [0.25, 0.3) is 137 Å². The van der Waals surface area contributed by atoms with E-state index in [-0.39, 0.29) is 23.0 Å². The van der Waals surface area contributed by atoms with Crippen LogP contribution in [0.15, 0.2) is 317 Å². The van der Waals surface area contributed by atoms with Gasteiger partial charge in [0.2, 0.25) is 17.1 Å². The van der Waals surface area contributed by atoms with Crippen molar-refractivity contribution in [2.45, 2.75) is 31.8 Å². The number of allylic oxidation sites excluding steroid dienone is 8. The Balaban J connectivity index is 0.704. The van der Waals surface area contributed by atoms with E-state index in [1.165, 1.54) is 207 Å². The Bertz CT molecular complexity index is 6800. The molecule has 0 N–H and O–H groups in total. The number of rotatable bonds is 4. The molecule has 4 atom stereocenters. The van der Waals surface area contributed by atoms with Crippen LogP contribution in [0.5, 0.6) is 0 Å². The highest BCUT2D eigenvalue weighted by Gasteiger charge is 2.45. The molecule has 4 unspecified atom stereocenters. The van der Waals surface area contributed by atoms with Gasteiger partial charge >= 0.3 is 0 Å². The van der Waals surface area contributed by atoms with E-state index in [1.807, 2.05) is 23.5 Å². The Morgan fingerprint density at radius 3 is 1.84 bits per heavy atom. The molecule has 0 spiro atoms. The lowest BCUT2D eigenvalue weighted by Gasteiger charge is -2.39. The quantitative estimate of drug-likeness (QED) is 0.0989. The van der Waals surface area contributed by atoms with E-state index >= 15 is 0 Å². The molecule has 98 heavy (non-hydrogen) atoms. The van der Waals surface area contributed by atoms with Gasteiger partial charge in [-0.2, -0.15) is 4.58 Å². The topological polar surface area (TPSA) is 11.2 Å². The average molecular weight is 1280 g/mol. The molecule has 24 rings (SSSR count). The van der Waals surface area contributed by atoms with Crippen molar-refractivity contribution in [3.63, 3.8) is 0 Å². The zero-order chi connectivity index (χ0) is 63.3. The van der Waals surface area contributed by atoms with Gasteiger partial charge in [0, 0.05) is 73.4 Å². The molecule has 3 nitrogen and oxygen atoms in total. The number of hydrogen-bond donors (Lipinski definition) is 0. The highest BCUT2D eigenvalue weighted by molar-refractivity contribution is 8.01. The second kappa shape index (κ2) is 19.2. The third-order valence-electron chi connectivity index (χ3n) is 23.1. The van der Waals surface area contributed by atoms with Gasteiger partial charge in [0.25, 0.3) is 0 Å². The molecule has 16 aromatic carbocycles. The molecule has 0 saturated heterocycles. The summed E-state index contributed by atoms with van der Waals surface area (Å²) in [5.74, 6) is 0.300. The fourth-order valence-corrected chi connectivity index (χ4v) is 21.5. The van der Waals surface area contributed by atoms with Crippen LogP contribution < -0.4 is 4.90 Å². The Labute approximate surface area is 572 Å². The van der Waals surface area contributed by atoms with Crippen LogP contribution in [0.1, 0.15) is 45.2 Å². The van der Waals surface area contributed by atoms with E-state index in [4.69, 9.17) is 0 Å². The number of para-hydroxylation sites is 2. The molecule has 17 aromatic rings. The van der Waals surface area contributed by atoms with Gasteiger partial charge in [-0.25, -0.2) is 0 Å². The highest BCUT2D eigenvalue weighted by Crippen LogP contribution is 2.62. The second-order valence-corrected chi connectivity index (χ2v) is 30.0. The maximum Gasteiger partial charge on any atom is 0.227 e. The zero-order valence-electron chi connectivity index (χ0n) is 52.8. The number of nitrogens with zero attached hydrogens (tertiary/aromatic N) is 3. The maximum absolute atomic E-state index is 2.65. The minimum atomic E-state index is 0.0295. The molecule has 2 aliphatic heterocycles. The highest BCUT2D eigenvalue weighted by atomic mass is 32.2. The first-order chi connectivity index (χ1) is 48.6. The predicted octanol–water partition coefficient (Wildman–Crippen LogP) is 24.9. The van der Waals surface area contributed by atoms with E-state index in [0.717, 1.165) is 5.69 Å². The molecule has 7 aliphatic rings. The summed E-state index contributed by atoms with van der Waals surface area (Å²) in [6, 6.07) is 93.2. The van der Waals surface area contributed by atoms with Crippen molar-refractivity contribution in [1.29, 1.82) is 0 Å². The molecule has 0 amide bonds. The fourth-order valence-electron chi connectivity index (χ4n) is 19.3. The van der Waals surface area contributed by atoms with Crippen LogP contribution in [0.3, 0.4) is 0 Å². The van der Waals surface area contributed by atoms with Crippen LogP contribution in [-0.2, 0) is 0 Å². The SMILES string of the molecule is C1=CC2=[N+](C3=C4C=Cc5ccc(N6c7ccccc7Sc7cc8c(cc76)C(c6ccccc6)c6cc7c9cccc%10cccc(c%11cccc(c6-8)c%117)c%109)c6c5C4C(C=C3)C=C6)c3cc4c(cc3SC2C=C1)c1c2cccc3c5cccc6cccc(c(cc1n4-c1ccccc1)c32)c65. The number of fused-ring (bicyclic) bond motifs is 16. The van der Waals surface area contributed by atoms with Crippen molar-refractivity contribution in [1.82, 2.24) is 4.57 Å². The standard InChI is InChI=1S/C93H54N3S2/c1-3-17-51(18-4-1)87-69-46-78-83(48-70(69)92-65-31-15-29-59-57-25-11-19-52-21-13-27-61(85(52)57)67(90(59)65)45-72(87)92)97-81-35-9-7-33-75(81)95(78)73-43-39-54-38-42-64-74(44-40-55-37-41-63(73)88(54)89(55)64)96-76-34-8-10-36-82(76)98-84-49-71-77(50-79(84)96)94(56-23-5-2-6-24-56)80-47-68-62-28-14-22-53-20-12-26-58(86(53)62)60-30-16-32-66(91(60)68)93(71)80/h1-50,55,82,87,89H/q+1. The van der Waals surface area contributed by atoms with Crippen molar-refractivity contribution < 1.29 is 4.58 Å². The molecular weight excluding hydrogens is 1220 g/mol. The first-order valence-corrected chi connectivity index (χ1v) is 36.1. The van der Waals surface area contributed by atoms with Gasteiger partial charge < -0.3 is 9.47 Å². The van der Waals surface area contributed by atoms with Gasteiger partial charge in [0.05, 0.1) is 33.0 Å². The summed E-state index contributed by atoms with van der Waals surface area (Å²) in [6.45, 7) is 0. The summed E-state index contributed by atoms with van der Waals surface area (Å²) in [4.78, 5) is 6.45. The molecule has 5 heteroatoms. The normalized spacial score (nSPS) is 18.4. The minimum absolute atomic E-state index is 0.0295. The van der Waals surface area contributed by atoms with Crippen molar-refractivity contribution >= 4 is 172 Å². The molecule has 5 aliphatic carbocycles. The summed E-state index contributed by atoms with van der Waals surface area (Å²) in [5, 5.41) is 23.8. The molecule has 0 fully saturated rings. The summed E-state index contributed by atoms with van der Waals surface area (Å²) in [6.07, 6.45) is 24.1.